The van der Waals surface area contributed by atoms with Crippen molar-refractivity contribution in [1.82, 2.24) is 10.3 Å². The van der Waals surface area contributed by atoms with Crippen LogP contribution >= 0.6 is 0 Å². The van der Waals surface area contributed by atoms with Gasteiger partial charge in [0.25, 0.3) is 11.8 Å². The van der Waals surface area contributed by atoms with E-state index >= 15 is 0 Å². The molecular formula is C21H20N4O3. The van der Waals surface area contributed by atoms with Crippen LogP contribution < -0.4 is 15.5 Å². The van der Waals surface area contributed by atoms with Crippen LogP contribution in [0.3, 0.4) is 0 Å². The first-order valence-electron chi connectivity index (χ1n) is 8.91. The van der Waals surface area contributed by atoms with Crippen LogP contribution in [0.25, 0.3) is 0 Å². The minimum Gasteiger partial charge on any atom is -0.456 e. The Balaban J connectivity index is 1.54. The van der Waals surface area contributed by atoms with Crippen molar-refractivity contribution in [3.8, 4) is 0 Å². The summed E-state index contributed by atoms with van der Waals surface area (Å²) in [6.07, 6.45) is -0.341. The average Bonchev–Trinajstić information content (AvgIpc) is 3.12. The highest BCUT2D eigenvalue weighted by atomic mass is 16.3. The number of aromatic nitrogens is 1. The number of rotatable bonds is 3. The first kappa shape index (κ1) is 17.8. The summed E-state index contributed by atoms with van der Waals surface area (Å²) in [5.41, 5.74) is 2.94. The predicted molar refractivity (Wildman–Crippen MR) is 105 cm³/mol. The molecule has 4 rings (SSSR count). The number of fused-ring (bicyclic) bond motifs is 1. The Morgan fingerprint density at radius 1 is 1.11 bits per heavy atom. The smallest absolute Gasteiger partial charge is 0.291 e. The van der Waals surface area contributed by atoms with Crippen LogP contribution in [-0.2, 0) is 0 Å². The molecule has 28 heavy (non-hydrogen) atoms. The van der Waals surface area contributed by atoms with E-state index in [-0.39, 0.29) is 23.7 Å². The summed E-state index contributed by atoms with van der Waals surface area (Å²) in [4.78, 5) is 31.1. The maximum absolute atomic E-state index is 12.5. The Bertz CT molecular complexity index is 1060. The van der Waals surface area contributed by atoms with Gasteiger partial charge in [0.2, 0.25) is 0 Å². The van der Waals surface area contributed by atoms with Gasteiger partial charge < -0.3 is 20.0 Å². The van der Waals surface area contributed by atoms with Crippen molar-refractivity contribution in [2.45, 2.75) is 20.0 Å². The molecule has 0 aliphatic carbocycles. The molecule has 0 fully saturated rings. The Morgan fingerprint density at radius 2 is 1.86 bits per heavy atom. The van der Waals surface area contributed by atoms with Gasteiger partial charge >= 0.3 is 0 Å². The van der Waals surface area contributed by atoms with Crippen molar-refractivity contribution in [2.24, 2.45) is 0 Å². The topological polar surface area (TPSA) is 87.5 Å². The second kappa shape index (κ2) is 6.84. The molecule has 0 radical (unpaired) electrons. The van der Waals surface area contributed by atoms with Crippen LogP contribution in [-0.4, -0.2) is 23.8 Å². The monoisotopic (exact) mass is 376 g/mol. The number of aryl methyl sites for hydroxylation is 2. The van der Waals surface area contributed by atoms with Gasteiger partial charge in [-0.3, -0.25) is 9.59 Å². The highest BCUT2D eigenvalue weighted by Crippen LogP contribution is 2.30. The number of hydrogen-bond donors (Lipinski definition) is 2. The molecule has 3 aromatic rings. The van der Waals surface area contributed by atoms with Crippen LogP contribution in [0.5, 0.6) is 0 Å². The van der Waals surface area contributed by atoms with Gasteiger partial charge in [-0.15, -0.1) is 0 Å². The van der Waals surface area contributed by atoms with E-state index in [0.29, 0.717) is 22.8 Å². The molecule has 0 saturated heterocycles. The minimum absolute atomic E-state index is 0.156. The SMILES string of the molecule is Cc1ccc2c(n1)N(C)C(c1ccc(NC(=O)c3ccc(C)o3)cc1)NC2=O. The highest BCUT2D eigenvalue weighted by Gasteiger charge is 2.30. The molecule has 1 aliphatic heterocycles. The van der Waals surface area contributed by atoms with Gasteiger partial charge in [0, 0.05) is 18.4 Å². The second-order valence-corrected chi connectivity index (χ2v) is 6.80. The number of carbonyl (C=O) groups excluding carboxylic acids is 2. The summed E-state index contributed by atoms with van der Waals surface area (Å²) < 4.78 is 5.33. The molecule has 0 spiro atoms. The molecule has 1 aliphatic rings. The summed E-state index contributed by atoms with van der Waals surface area (Å²) in [5, 5.41) is 5.79. The molecule has 2 N–H and O–H groups in total. The molecule has 1 aromatic carbocycles. The van der Waals surface area contributed by atoms with Crippen molar-refractivity contribution in [2.75, 3.05) is 17.3 Å². The summed E-state index contributed by atoms with van der Waals surface area (Å²) in [6, 6.07) is 14.3. The summed E-state index contributed by atoms with van der Waals surface area (Å²) >= 11 is 0. The number of amides is 2. The number of nitrogens with zero attached hydrogens (tertiary/aromatic N) is 2. The zero-order valence-corrected chi connectivity index (χ0v) is 15.8. The Labute approximate surface area is 162 Å². The molecule has 0 bridgehead atoms. The van der Waals surface area contributed by atoms with Crippen LogP contribution in [0.15, 0.2) is 52.9 Å². The molecule has 7 heteroatoms. The number of benzene rings is 1. The van der Waals surface area contributed by atoms with E-state index in [4.69, 9.17) is 4.42 Å². The van der Waals surface area contributed by atoms with Gasteiger partial charge in [0.15, 0.2) is 5.76 Å². The third kappa shape index (κ3) is 3.22. The third-order valence-electron chi connectivity index (χ3n) is 4.70. The first-order chi connectivity index (χ1) is 13.4. The van der Waals surface area contributed by atoms with Gasteiger partial charge in [-0.05, 0) is 55.8 Å². The quantitative estimate of drug-likeness (QED) is 0.731. The molecule has 2 aromatic heterocycles. The van der Waals surface area contributed by atoms with Crippen LogP contribution in [0.1, 0.15) is 44.1 Å². The standard InChI is InChI=1S/C21H20N4O3/c1-12-4-10-16-19(22-12)25(3)18(24-20(16)26)14-6-8-15(9-7-14)23-21(27)17-11-5-13(2)28-17/h4-11,18H,1-3H3,(H,23,27)(H,24,26). The van der Waals surface area contributed by atoms with Gasteiger partial charge in [-0.1, -0.05) is 12.1 Å². The lowest BCUT2D eigenvalue weighted by molar-refractivity contribution is 0.0926. The first-order valence-corrected chi connectivity index (χ1v) is 8.91. The van der Waals surface area contributed by atoms with Crippen LogP contribution in [0.2, 0.25) is 0 Å². The Hall–Kier alpha value is -3.61. The molecule has 1 atom stereocenters. The van der Waals surface area contributed by atoms with E-state index in [1.165, 1.54) is 0 Å². The highest BCUT2D eigenvalue weighted by molar-refractivity contribution is 6.02. The number of furan rings is 1. The lowest BCUT2D eigenvalue weighted by atomic mass is 10.1. The van der Waals surface area contributed by atoms with Crippen molar-refractivity contribution >= 4 is 23.3 Å². The normalized spacial score (nSPS) is 15.8. The molecule has 0 saturated carbocycles. The summed E-state index contributed by atoms with van der Waals surface area (Å²) in [5.74, 6) is 1.13. The van der Waals surface area contributed by atoms with E-state index in [9.17, 15) is 9.59 Å². The van der Waals surface area contributed by atoms with Gasteiger partial charge in [-0.25, -0.2) is 4.98 Å². The summed E-state index contributed by atoms with van der Waals surface area (Å²) in [7, 11) is 1.89. The number of pyridine rings is 1. The fourth-order valence-corrected chi connectivity index (χ4v) is 3.22. The van der Waals surface area contributed by atoms with Crippen LogP contribution in [0, 0.1) is 13.8 Å². The number of hydrogen-bond acceptors (Lipinski definition) is 5. The number of nitrogens with one attached hydrogen (secondary N) is 2. The van der Waals surface area contributed by atoms with E-state index in [1.54, 1.807) is 37.3 Å². The minimum atomic E-state index is -0.341. The number of carbonyl (C=O) groups is 2. The predicted octanol–water partition coefficient (Wildman–Crippen LogP) is 3.42. The lowest BCUT2D eigenvalue weighted by Gasteiger charge is -2.35. The van der Waals surface area contributed by atoms with Gasteiger partial charge in [-0.2, -0.15) is 0 Å². The van der Waals surface area contributed by atoms with E-state index in [1.807, 2.05) is 37.1 Å². The lowest BCUT2D eigenvalue weighted by Crippen LogP contribution is -2.45. The van der Waals surface area contributed by atoms with Gasteiger partial charge in [0.05, 0.1) is 5.56 Å². The van der Waals surface area contributed by atoms with Crippen LogP contribution in [0.4, 0.5) is 11.5 Å². The molecule has 142 valence electrons. The molecular weight excluding hydrogens is 356 g/mol. The van der Waals surface area contributed by atoms with Crippen molar-refractivity contribution < 1.29 is 14.0 Å². The largest absolute Gasteiger partial charge is 0.456 e. The fourth-order valence-electron chi connectivity index (χ4n) is 3.22. The number of anilines is 2. The molecule has 1 unspecified atom stereocenters. The Kier molecular flexibility index (Phi) is 4.35. The maximum atomic E-state index is 12.5. The zero-order valence-electron chi connectivity index (χ0n) is 15.8. The third-order valence-corrected chi connectivity index (χ3v) is 4.70. The summed E-state index contributed by atoms with van der Waals surface area (Å²) in [6.45, 7) is 3.68. The molecule has 7 nitrogen and oxygen atoms in total. The van der Waals surface area contributed by atoms with E-state index in [2.05, 4.69) is 15.6 Å². The molecule has 2 amide bonds. The van der Waals surface area contributed by atoms with E-state index < -0.39 is 0 Å². The average molecular weight is 376 g/mol. The van der Waals surface area contributed by atoms with E-state index in [0.717, 1.165) is 11.3 Å². The Morgan fingerprint density at radius 3 is 2.54 bits per heavy atom. The zero-order chi connectivity index (χ0) is 19.8. The second-order valence-electron chi connectivity index (χ2n) is 6.80. The fraction of sp³-hybridized carbons (Fsp3) is 0.190. The molecule has 3 heterocycles. The van der Waals surface area contributed by atoms with Gasteiger partial charge in [0.1, 0.15) is 17.7 Å². The van der Waals surface area contributed by atoms with Crippen molar-refractivity contribution in [3.05, 3.63) is 76.9 Å². The van der Waals surface area contributed by atoms with Crippen molar-refractivity contribution in [3.63, 3.8) is 0 Å². The van der Waals surface area contributed by atoms with Crippen molar-refractivity contribution in [1.29, 1.82) is 0 Å². The maximum Gasteiger partial charge on any atom is 0.291 e.